The van der Waals surface area contributed by atoms with Gasteiger partial charge in [-0.05, 0) is 6.42 Å². The Morgan fingerprint density at radius 2 is 2.39 bits per heavy atom. The van der Waals surface area contributed by atoms with Crippen LogP contribution in [-0.4, -0.2) is 38.9 Å². The van der Waals surface area contributed by atoms with Crippen molar-refractivity contribution in [3.8, 4) is 10.6 Å². The molecule has 96 valence electrons. The molecule has 1 amide bonds. The molecule has 2 heterocycles. The first-order valence-electron chi connectivity index (χ1n) is 5.54. The van der Waals surface area contributed by atoms with Gasteiger partial charge in [-0.1, -0.05) is 0 Å². The van der Waals surface area contributed by atoms with Gasteiger partial charge < -0.3 is 10.4 Å². The first kappa shape index (κ1) is 12.7. The zero-order valence-corrected chi connectivity index (χ0v) is 10.8. The Kier molecular flexibility index (Phi) is 4.06. The second-order valence-corrected chi connectivity index (χ2v) is 4.80. The highest BCUT2D eigenvalue weighted by atomic mass is 32.1. The molecule has 0 aromatic carbocycles. The molecule has 0 atom stereocenters. The van der Waals surface area contributed by atoms with Gasteiger partial charge in [-0.25, -0.2) is 4.98 Å². The van der Waals surface area contributed by atoms with Crippen LogP contribution in [0.1, 0.15) is 16.1 Å². The van der Waals surface area contributed by atoms with E-state index in [0.717, 1.165) is 10.6 Å². The number of aryl methyl sites for hydroxylation is 1. The fourth-order valence-corrected chi connectivity index (χ4v) is 2.22. The fourth-order valence-electron chi connectivity index (χ4n) is 1.41. The van der Waals surface area contributed by atoms with E-state index in [0.29, 0.717) is 17.8 Å². The minimum atomic E-state index is -0.156. The van der Waals surface area contributed by atoms with Gasteiger partial charge in [0.05, 0.1) is 12.4 Å². The van der Waals surface area contributed by atoms with Gasteiger partial charge in [-0.15, -0.1) is 11.3 Å². The molecule has 0 saturated heterocycles. The topological polar surface area (TPSA) is 80.0 Å². The standard InChI is InChI=1S/C11H14N4O2S/c1-15-7-8(5-14-15)11-13-6-9(18-11)10(17)12-3-2-4-16/h5-7,16H,2-4H2,1H3,(H,12,17). The van der Waals surface area contributed by atoms with Crippen molar-refractivity contribution in [2.24, 2.45) is 7.05 Å². The lowest BCUT2D eigenvalue weighted by atomic mass is 10.4. The predicted octanol–water partition coefficient (Wildman–Crippen LogP) is 0.656. The summed E-state index contributed by atoms with van der Waals surface area (Å²) in [7, 11) is 1.83. The van der Waals surface area contributed by atoms with Crippen LogP contribution in [0.4, 0.5) is 0 Å². The number of hydrogen-bond acceptors (Lipinski definition) is 5. The molecule has 0 spiro atoms. The molecule has 0 radical (unpaired) electrons. The van der Waals surface area contributed by atoms with E-state index >= 15 is 0 Å². The zero-order chi connectivity index (χ0) is 13.0. The normalized spacial score (nSPS) is 10.6. The number of nitrogens with zero attached hydrogens (tertiary/aromatic N) is 3. The molecule has 0 aliphatic heterocycles. The highest BCUT2D eigenvalue weighted by Gasteiger charge is 2.11. The molecule has 2 rings (SSSR count). The molecule has 0 unspecified atom stereocenters. The summed E-state index contributed by atoms with van der Waals surface area (Å²) < 4.78 is 1.69. The number of nitrogens with one attached hydrogen (secondary N) is 1. The summed E-state index contributed by atoms with van der Waals surface area (Å²) >= 11 is 1.33. The molecular weight excluding hydrogens is 252 g/mol. The molecular formula is C11H14N4O2S. The monoisotopic (exact) mass is 266 g/mol. The van der Waals surface area contributed by atoms with E-state index in [1.807, 2.05) is 13.2 Å². The number of aromatic nitrogens is 3. The molecule has 2 N–H and O–H groups in total. The van der Waals surface area contributed by atoms with E-state index in [9.17, 15) is 4.79 Å². The summed E-state index contributed by atoms with van der Waals surface area (Å²) in [5.74, 6) is -0.156. The molecule has 0 aliphatic carbocycles. The minimum absolute atomic E-state index is 0.0733. The van der Waals surface area contributed by atoms with Crippen LogP contribution in [0.15, 0.2) is 18.6 Å². The van der Waals surface area contributed by atoms with E-state index in [2.05, 4.69) is 15.4 Å². The highest BCUT2D eigenvalue weighted by molar-refractivity contribution is 7.16. The third-order valence-corrected chi connectivity index (χ3v) is 3.35. The Bertz CT molecular complexity index is 535. The maximum absolute atomic E-state index is 11.7. The fraction of sp³-hybridized carbons (Fsp3) is 0.364. The zero-order valence-electron chi connectivity index (χ0n) is 9.96. The smallest absolute Gasteiger partial charge is 0.263 e. The van der Waals surface area contributed by atoms with E-state index in [1.165, 1.54) is 11.3 Å². The quantitative estimate of drug-likeness (QED) is 0.779. The van der Waals surface area contributed by atoms with Gasteiger partial charge in [0.25, 0.3) is 5.91 Å². The summed E-state index contributed by atoms with van der Waals surface area (Å²) in [6.07, 6.45) is 5.68. The van der Waals surface area contributed by atoms with Crippen LogP contribution >= 0.6 is 11.3 Å². The Labute approximate surface area is 108 Å². The van der Waals surface area contributed by atoms with E-state index in [1.54, 1.807) is 17.1 Å². The van der Waals surface area contributed by atoms with Crippen molar-refractivity contribution in [2.45, 2.75) is 6.42 Å². The lowest BCUT2D eigenvalue weighted by molar-refractivity contribution is 0.0955. The molecule has 2 aromatic heterocycles. The lowest BCUT2D eigenvalue weighted by Gasteiger charge is -1.99. The summed E-state index contributed by atoms with van der Waals surface area (Å²) in [6, 6.07) is 0. The van der Waals surface area contributed by atoms with Crippen molar-refractivity contribution in [3.05, 3.63) is 23.5 Å². The van der Waals surface area contributed by atoms with Gasteiger partial charge in [0.2, 0.25) is 0 Å². The molecule has 0 bridgehead atoms. The molecule has 7 heteroatoms. The number of carbonyl (C=O) groups is 1. The lowest BCUT2D eigenvalue weighted by Crippen LogP contribution is -2.24. The number of aliphatic hydroxyl groups excluding tert-OH is 1. The largest absolute Gasteiger partial charge is 0.396 e. The Morgan fingerprint density at radius 1 is 1.56 bits per heavy atom. The maximum Gasteiger partial charge on any atom is 0.263 e. The Balaban J connectivity index is 2.04. The Hall–Kier alpha value is -1.73. The second-order valence-electron chi connectivity index (χ2n) is 3.77. The van der Waals surface area contributed by atoms with Crippen LogP contribution in [0.25, 0.3) is 10.6 Å². The van der Waals surface area contributed by atoms with Crippen LogP contribution in [0.5, 0.6) is 0 Å². The van der Waals surface area contributed by atoms with Crippen molar-refractivity contribution in [3.63, 3.8) is 0 Å². The van der Waals surface area contributed by atoms with Crippen molar-refractivity contribution in [2.75, 3.05) is 13.2 Å². The van der Waals surface area contributed by atoms with Gasteiger partial charge >= 0.3 is 0 Å². The van der Waals surface area contributed by atoms with Crippen molar-refractivity contribution >= 4 is 17.2 Å². The molecule has 6 nitrogen and oxygen atoms in total. The van der Waals surface area contributed by atoms with Gasteiger partial charge in [0, 0.05) is 32.0 Å². The summed E-state index contributed by atoms with van der Waals surface area (Å²) in [6.45, 7) is 0.541. The second kappa shape index (κ2) is 5.74. The van der Waals surface area contributed by atoms with Gasteiger partial charge in [0.15, 0.2) is 0 Å². The number of thiazole rings is 1. The third-order valence-electron chi connectivity index (χ3n) is 2.30. The first-order valence-corrected chi connectivity index (χ1v) is 6.36. The summed E-state index contributed by atoms with van der Waals surface area (Å²) in [5, 5.41) is 16.2. The SMILES string of the molecule is Cn1cc(-c2ncc(C(=O)NCCCO)s2)cn1. The van der Waals surface area contributed by atoms with Crippen LogP contribution in [-0.2, 0) is 7.05 Å². The van der Waals surface area contributed by atoms with Crippen LogP contribution in [0, 0.1) is 0 Å². The molecule has 0 aliphatic rings. The first-order chi connectivity index (χ1) is 8.70. The summed E-state index contributed by atoms with van der Waals surface area (Å²) in [5.41, 5.74) is 0.900. The number of aliphatic hydroxyl groups is 1. The van der Waals surface area contributed by atoms with Crippen molar-refractivity contribution < 1.29 is 9.90 Å². The van der Waals surface area contributed by atoms with Gasteiger partial charge in [-0.3, -0.25) is 9.48 Å². The Morgan fingerprint density at radius 3 is 3.06 bits per heavy atom. The molecule has 0 saturated carbocycles. The van der Waals surface area contributed by atoms with E-state index < -0.39 is 0 Å². The number of rotatable bonds is 5. The van der Waals surface area contributed by atoms with Gasteiger partial charge in [-0.2, -0.15) is 5.10 Å². The van der Waals surface area contributed by atoms with E-state index in [-0.39, 0.29) is 12.5 Å². The molecule has 18 heavy (non-hydrogen) atoms. The minimum Gasteiger partial charge on any atom is -0.396 e. The number of amides is 1. The predicted molar refractivity (Wildman–Crippen MR) is 68.4 cm³/mol. The van der Waals surface area contributed by atoms with Crippen LogP contribution in [0.2, 0.25) is 0 Å². The summed E-state index contributed by atoms with van der Waals surface area (Å²) in [4.78, 5) is 16.5. The van der Waals surface area contributed by atoms with Crippen molar-refractivity contribution in [1.82, 2.24) is 20.1 Å². The highest BCUT2D eigenvalue weighted by Crippen LogP contribution is 2.24. The number of carbonyl (C=O) groups excluding carboxylic acids is 1. The maximum atomic E-state index is 11.7. The van der Waals surface area contributed by atoms with Crippen molar-refractivity contribution in [1.29, 1.82) is 0 Å². The van der Waals surface area contributed by atoms with Gasteiger partial charge in [0.1, 0.15) is 9.88 Å². The van der Waals surface area contributed by atoms with E-state index in [4.69, 9.17) is 5.11 Å². The number of hydrogen-bond donors (Lipinski definition) is 2. The van der Waals surface area contributed by atoms with Crippen LogP contribution < -0.4 is 5.32 Å². The molecule has 0 fully saturated rings. The van der Waals surface area contributed by atoms with Crippen LogP contribution in [0.3, 0.4) is 0 Å². The molecule has 2 aromatic rings. The third kappa shape index (κ3) is 2.93. The average molecular weight is 266 g/mol. The average Bonchev–Trinajstić information content (AvgIpc) is 2.97.